The SMILES string of the molecule is Cc1nn(-c2ccccc2)c(C)c1C(=O)C(=O)NCCN(C(C)C)C(C)C. The van der Waals surface area contributed by atoms with Crippen LogP contribution in [0.5, 0.6) is 0 Å². The zero-order valence-corrected chi connectivity index (χ0v) is 17.1. The first kappa shape index (κ1) is 20.8. The van der Waals surface area contributed by atoms with Crippen molar-refractivity contribution in [2.75, 3.05) is 13.1 Å². The Morgan fingerprint density at radius 2 is 1.67 bits per heavy atom. The van der Waals surface area contributed by atoms with Gasteiger partial charge in [-0.05, 0) is 53.7 Å². The van der Waals surface area contributed by atoms with E-state index in [0.29, 0.717) is 42.1 Å². The molecule has 0 fully saturated rings. The van der Waals surface area contributed by atoms with Crippen LogP contribution in [0.15, 0.2) is 30.3 Å². The smallest absolute Gasteiger partial charge is 0.292 e. The maximum absolute atomic E-state index is 12.7. The molecule has 146 valence electrons. The molecular weight excluding hydrogens is 340 g/mol. The molecule has 1 N–H and O–H groups in total. The summed E-state index contributed by atoms with van der Waals surface area (Å²) in [6.45, 7) is 13.2. The van der Waals surface area contributed by atoms with E-state index in [1.165, 1.54) is 0 Å². The number of nitrogens with one attached hydrogen (secondary N) is 1. The Labute approximate surface area is 161 Å². The lowest BCUT2D eigenvalue weighted by atomic mass is 10.1. The summed E-state index contributed by atoms with van der Waals surface area (Å²) in [5.41, 5.74) is 2.47. The second kappa shape index (κ2) is 8.95. The summed E-state index contributed by atoms with van der Waals surface area (Å²) in [6.07, 6.45) is 0. The average molecular weight is 370 g/mol. The summed E-state index contributed by atoms with van der Waals surface area (Å²) in [5, 5.41) is 7.20. The number of amides is 1. The van der Waals surface area contributed by atoms with E-state index in [0.717, 1.165) is 5.69 Å². The van der Waals surface area contributed by atoms with Crippen molar-refractivity contribution >= 4 is 11.7 Å². The lowest BCUT2D eigenvalue weighted by molar-refractivity contribution is -0.117. The van der Waals surface area contributed by atoms with Crippen molar-refractivity contribution in [3.63, 3.8) is 0 Å². The number of rotatable bonds is 8. The quantitative estimate of drug-likeness (QED) is 0.573. The van der Waals surface area contributed by atoms with Crippen LogP contribution in [-0.2, 0) is 4.79 Å². The number of carbonyl (C=O) groups excluding carboxylic acids is 2. The Kier molecular flexibility index (Phi) is 6.91. The number of hydrogen-bond acceptors (Lipinski definition) is 4. The topological polar surface area (TPSA) is 67.2 Å². The zero-order chi connectivity index (χ0) is 20.1. The summed E-state index contributed by atoms with van der Waals surface area (Å²) in [5.74, 6) is -1.12. The van der Waals surface area contributed by atoms with Crippen LogP contribution < -0.4 is 5.32 Å². The predicted molar refractivity (Wildman–Crippen MR) is 107 cm³/mol. The number of carbonyl (C=O) groups is 2. The molecule has 0 saturated carbocycles. The Morgan fingerprint density at radius 1 is 1.07 bits per heavy atom. The third kappa shape index (κ3) is 4.83. The van der Waals surface area contributed by atoms with Gasteiger partial charge in [0.15, 0.2) is 0 Å². The summed E-state index contributed by atoms with van der Waals surface area (Å²) < 4.78 is 1.70. The van der Waals surface area contributed by atoms with Crippen LogP contribution >= 0.6 is 0 Å². The Morgan fingerprint density at radius 3 is 2.22 bits per heavy atom. The Bertz CT molecular complexity index is 786. The molecule has 0 saturated heterocycles. The lowest BCUT2D eigenvalue weighted by Crippen LogP contribution is -2.43. The molecule has 0 unspecified atom stereocenters. The highest BCUT2D eigenvalue weighted by molar-refractivity contribution is 6.43. The molecule has 2 aromatic rings. The molecular formula is C21H30N4O2. The van der Waals surface area contributed by atoms with E-state index >= 15 is 0 Å². The van der Waals surface area contributed by atoms with Gasteiger partial charge in [-0.25, -0.2) is 4.68 Å². The molecule has 0 aliphatic rings. The van der Waals surface area contributed by atoms with Crippen molar-refractivity contribution in [2.24, 2.45) is 0 Å². The molecule has 1 heterocycles. The number of aromatic nitrogens is 2. The number of nitrogens with zero attached hydrogens (tertiary/aromatic N) is 3. The van der Waals surface area contributed by atoms with E-state index in [-0.39, 0.29) is 0 Å². The largest absolute Gasteiger partial charge is 0.348 e. The highest BCUT2D eigenvalue weighted by Gasteiger charge is 2.25. The highest BCUT2D eigenvalue weighted by atomic mass is 16.2. The predicted octanol–water partition coefficient (Wildman–Crippen LogP) is 2.91. The monoisotopic (exact) mass is 370 g/mol. The van der Waals surface area contributed by atoms with E-state index in [1.54, 1.807) is 11.6 Å². The molecule has 0 spiro atoms. The van der Waals surface area contributed by atoms with Crippen LogP contribution in [0, 0.1) is 13.8 Å². The van der Waals surface area contributed by atoms with E-state index in [1.807, 2.05) is 37.3 Å². The minimum absolute atomic E-state index is 0.376. The van der Waals surface area contributed by atoms with E-state index in [2.05, 4.69) is 43.0 Å². The minimum atomic E-state index is -0.582. The van der Waals surface area contributed by atoms with E-state index in [4.69, 9.17) is 0 Å². The van der Waals surface area contributed by atoms with Gasteiger partial charge in [-0.15, -0.1) is 0 Å². The lowest BCUT2D eigenvalue weighted by Gasteiger charge is -2.30. The van der Waals surface area contributed by atoms with Crippen molar-refractivity contribution in [1.29, 1.82) is 0 Å². The van der Waals surface area contributed by atoms with Gasteiger partial charge in [-0.3, -0.25) is 14.5 Å². The number of hydrogen-bond donors (Lipinski definition) is 1. The van der Waals surface area contributed by atoms with Crippen LogP contribution in [-0.4, -0.2) is 51.5 Å². The van der Waals surface area contributed by atoms with Gasteiger partial charge in [-0.2, -0.15) is 5.10 Å². The fourth-order valence-electron chi connectivity index (χ4n) is 3.40. The number of para-hydroxylation sites is 1. The van der Waals surface area contributed by atoms with Crippen LogP contribution in [0.25, 0.3) is 5.69 Å². The molecule has 1 aromatic carbocycles. The molecule has 0 atom stereocenters. The summed E-state index contributed by atoms with van der Waals surface area (Å²) in [4.78, 5) is 27.4. The first-order valence-electron chi connectivity index (χ1n) is 9.44. The fraction of sp³-hybridized carbons (Fsp3) is 0.476. The number of benzene rings is 1. The molecule has 1 aromatic heterocycles. The molecule has 27 heavy (non-hydrogen) atoms. The average Bonchev–Trinajstić information content (AvgIpc) is 2.92. The van der Waals surface area contributed by atoms with Crippen LogP contribution in [0.1, 0.15) is 49.4 Å². The van der Waals surface area contributed by atoms with Crippen LogP contribution in [0.2, 0.25) is 0 Å². The maximum Gasteiger partial charge on any atom is 0.292 e. The Hall–Kier alpha value is -2.47. The standard InChI is InChI=1S/C21H30N4O2/c1-14(2)24(15(3)4)13-12-22-21(27)20(26)19-16(5)23-25(17(19)6)18-10-8-7-9-11-18/h7-11,14-15H,12-13H2,1-6H3,(H,22,27). The van der Waals surface area contributed by atoms with E-state index in [9.17, 15) is 9.59 Å². The second-order valence-electron chi connectivity index (χ2n) is 7.30. The molecule has 0 radical (unpaired) electrons. The number of Topliss-reactive ketones (excluding diaryl/α,β-unsaturated/α-hetero) is 1. The Balaban J connectivity index is 2.09. The number of ketones is 1. The van der Waals surface area contributed by atoms with E-state index < -0.39 is 11.7 Å². The molecule has 6 heteroatoms. The molecule has 0 aliphatic heterocycles. The molecule has 1 amide bonds. The van der Waals surface area contributed by atoms with Gasteiger partial charge in [0.25, 0.3) is 11.7 Å². The highest BCUT2D eigenvalue weighted by Crippen LogP contribution is 2.18. The summed E-state index contributed by atoms with van der Waals surface area (Å²) in [7, 11) is 0. The maximum atomic E-state index is 12.7. The molecule has 6 nitrogen and oxygen atoms in total. The van der Waals surface area contributed by atoms with Gasteiger partial charge in [0.05, 0.1) is 22.6 Å². The van der Waals surface area contributed by atoms with Crippen LogP contribution in [0.3, 0.4) is 0 Å². The van der Waals surface area contributed by atoms with Crippen molar-refractivity contribution in [1.82, 2.24) is 20.0 Å². The zero-order valence-electron chi connectivity index (χ0n) is 17.1. The summed E-state index contributed by atoms with van der Waals surface area (Å²) in [6, 6.07) is 10.3. The number of aryl methyl sites for hydroxylation is 1. The summed E-state index contributed by atoms with van der Waals surface area (Å²) >= 11 is 0. The first-order valence-corrected chi connectivity index (χ1v) is 9.44. The molecule has 0 bridgehead atoms. The van der Waals surface area contributed by atoms with Gasteiger partial charge >= 0.3 is 0 Å². The van der Waals surface area contributed by atoms with Crippen molar-refractivity contribution in [3.8, 4) is 5.69 Å². The van der Waals surface area contributed by atoms with Gasteiger partial charge in [-0.1, -0.05) is 18.2 Å². The molecule has 0 aliphatic carbocycles. The second-order valence-corrected chi connectivity index (χ2v) is 7.30. The third-order valence-corrected chi connectivity index (χ3v) is 4.71. The van der Waals surface area contributed by atoms with Gasteiger partial charge in [0, 0.05) is 25.2 Å². The van der Waals surface area contributed by atoms with Gasteiger partial charge in [0.1, 0.15) is 0 Å². The normalized spacial score (nSPS) is 11.4. The van der Waals surface area contributed by atoms with Crippen molar-refractivity contribution in [2.45, 2.75) is 53.6 Å². The van der Waals surface area contributed by atoms with Gasteiger partial charge in [0.2, 0.25) is 0 Å². The minimum Gasteiger partial charge on any atom is -0.348 e. The van der Waals surface area contributed by atoms with Gasteiger partial charge < -0.3 is 5.32 Å². The van der Waals surface area contributed by atoms with Crippen molar-refractivity contribution < 1.29 is 9.59 Å². The molecule has 2 rings (SSSR count). The first-order chi connectivity index (χ1) is 12.7. The fourth-order valence-corrected chi connectivity index (χ4v) is 3.40. The van der Waals surface area contributed by atoms with Crippen molar-refractivity contribution in [3.05, 3.63) is 47.3 Å². The van der Waals surface area contributed by atoms with Crippen LogP contribution in [0.4, 0.5) is 0 Å². The third-order valence-electron chi connectivity index (χ3n) is 4.71.